The van der Waals surface area contributed by atoms with Crippen LogP contribution in [0, 0.1) is 17.8 Å². The third-order valence-corrected chi connectivity index (χ3v) is 9.66. The molecular weight excluding hydrogens is 504 g/mol. The summed E-state index contributed by atoms with van der Waals surface area (Å²) in [5, 5.41) is 0. The molecule has 4 N–H and O–H groups in total. The van der Waals surface area contributed by atoms with Gasteiger partial charge in [-0.2, -0.15) is 0 Å². The standard InChI is InChI=1S/C37H42N2O2/c1-26-2-4-27(5-3-26)28-22-24-37(25-23-28,29-6-14-33(15-7-29)40-35-18-10-31(38)11-19-35)30-8-16-34(17-9-30)41-36-20-12-32(39)13-21-36/h6-21,26-28H,2-5,22-25,38-39H2,1H3/t26-,27+. The van der Waals surface area contributed by atoms with Crippen molar-refractivity contribution < 1.29 is 9.47 Å². The van der Waals surface area contributed by atoms with Crippen LogP contribution in [-0.4, -0.2) is 0 Å². The lowest BCUT2D eigenvalue weighted by Gasteiger charge is -2.44. The van der Waals surface area contributed by atoms with Crippen molar-refractivity contribution in [2.75, 3.05) is 11.5 Å². The summed E-state index contributed by atoms with van der Waals surface area (Å²) in [5.41, 5.74) is 15.9. The van der Waals surface area contributed by atoms with E-state index in [4.69, 9.17) is 20.9 Å². The van der Waals surface area contributed by atoms with Gasteiger partial charge >= 0.3 is 0 Å². The van der Waals surface area contributed by atoms with Gasteiger partial charge in [0.2, 0.25) is 0 Å². The van der Waals surface area contributed by atoms with Crippen molar-refractivity contribution in [1.82, 2.24) is 0 Å². The van der Waals surface area contributed by atoms with Gasteiger partial charge < -0.3 is 20.9 Å². The molecule has 0 heterocycles. The van der Waals surface area contributed by atoms with Crippen LogP contribution in [0.5, 0.6) is 23.0 Å². The fraction of sp³-hybridized carbons (Fsp3) is 0.351. The second-order valence-corrected chi connectivity index (χ2v) is 12.3. The lowest BCUT2D eigenvalue weighted by Crippen LogP contribution is -2.35. The minimum atomic E-state index is -0.0160. The third-order valence-electron chi connectivity index (χ3n) is 9.66. The van der Waals surface area contributed by atoms with Crippen molar-refractivity contribution in [3.8, 4) is 23.0 Å². The SMILES string of the molecule is C[C@H]1CC[C@@H](C2CCC(c3ccc(Oc4ccc(N)cc4)cc3)(c3ccc(Oc4ccc(N)cc4)cc3)CC2)CC1. The topological polar surface area (TPSA) is 70.5 Å². The number of hydrogen-bond donors (Lipinski definition) is 2. The first-order valence-corrected chi connectivity index (χ1v) is 15.2. The van der Waals surface area contributed by atoms with E-state index in [9.17, 15) is 0 Å². The van der Waals surface area contributed by atoms with Gasteiger partial charge in [0.15, 0.2) is 0 Å². The fourth-order valence-corrected chi connectivity index (χ4v) is 7.13. The zero-order chi connectivity index (χ0) is 28.2. The maximum atomic E-state index is 6.12. The average molecular weight is 547 g/mol. The fourth-order valence-electron chi connectivity index (χ4n) is 7.13. The van der Waals surface area contributed by atoms with Gasteiger partial charge in [0.05, 0.1) is 0 Å². The Bertz CT molecular complexity index is 1300. The molecule has 0 unspecified atom stereocenters. The average Bonchev–Trinajstić information content (AvgIpc) is 3.01. The molecule has 0 aliphatic heterocycles. The van der Waals surface area contributed by atoms with Crippen LogP contribution in [-0.2, 0) is 5.41 Å². The maximum Gasteiger partial charge on any atom is 0.127 e. The van der Waals surface area contributed by atoms with Crippen molar-refractivity contribution in [1.29, 1.82) is 0 Å². The first-order chi connectivity index (χ1) is 20.0. The molecule has 0 aromatic heterocycles. The number of ether oxygens (including phenoxy) is 2. The Kier molecular flexibility index (Phi) is 7.91. The van der Waals surface area contributed by atoms with Crippen LogP contribution >= 0.6 is 0 Å². The summed E-state index contributed by atoms with van der Waals surface area (Å²) in [7, 11) is 0. The van der Waals surface area contributed by atoms with Crippen molar-refractivity contribution >= 4 is 11.4 Å². The monoisotopic (exact) mass is 546 g/mol. The summed E-state index contributed by atoms with van der Waals surface area (Å²) in [6, 6.07) is 32.6. The van der Waals surface area contributed by atoms with Crippen molar-refractivity contribution in [3.05, 3.63) is 108 Å². The molecule has 2 aliphatic rings. The summed E-state index contributed by atoms with van der Waals surface area (Å²) in [4.78, 5) is 0. The molecule has 0 radical (unpaired) electrons. The molecule has 6 rings (SSSR count). The van der Waals surface area contributed by atoms with Gasteiger partial charge in [-0.05, 0) is 140 Å². The van der Waals surface area contributed by atoms with Crippen molar-refractivity contribution in [3.63, 3.8) is 0 Å². The number of hydrogen-bond acceptors (Lipinski definition) is 4. The molecule has 41 heavy (non-hydrogen) atoms. The minimum absolute atomic E-state index is 0.0160. The third kappa shape index (κ3) is 6.22. The number of rotatable bonds is 7. The van der Waals surface area contributed by atoms with Crippen LogP contribution in [0.15, 0.2) is 97.1 Å². The largest absolute Gasteiger partial charge is 0.457 e. The molecule has 4 aromatic carbocycles. The van der Waals surface area contributed by atoms with Gasteiger partial charge in [0.25, 0.3) is 0 Å². The zero-order valence-corrected chi connectivity index (χ0v) is 24.1. The van der Waals surface area contributed by atoms with Crippen molar-refractivity contribution in [2.24, 2.45) is 17.8 Å². The van der Waals surface area contributed by atoms with Gasteiger partial charge in [-0.15, -0.1) is 0 Å². The van der Waals surface area contributed by atoms with E-state index in [0.717, 1.165) is 52.1 Å². The van der Waals surface area contributed by atoms with E-state index in [1.807, 2.05) is 48.5 Å². The summed E-state index contributed by atoms with van der Waals surface area (Å²) in [6.45, 7) is 2.42. The highest BCUT2D eigenvalue weighted by atomic mass is 16.5. The van der Waals surface area contributed by atoms with Crippen LogP contribution in [0.1, 0.15) is 69.4 Å². The second kappa shape index (κ2) is 11.9. The van der Waals surface area contributed by atoms with Crippen LogP contribution in [0.4, 0.5) is 11.4 Å². The van der Waals surface area contributed by atoms with E-state index in [1.54, 1.807) is 0 Å². The highest BCUT2D eigenvalue weighted by Gasteiger charge is 2.40. The molecule has 4 aromatic rings. The maximum absolute atomic E-state index is 6.12. The van der Waals surface area contributed by atoms with E-state index in [-0.39, 0.29) is 5.41 Å². The molecule has 0 saturated heterocycles. The Labute approximate surface area is 244 Å². The highest BCUT2D eigenvalue weighted by molar-refractivity contribution is 5.47. The molecule has 0 bridgehead atoms. The van der Waals surface area contributed by atoms with E-state index in [2.05, 4.69) is 55.5 Å². The Balaban J connectivity index is 1.24. The highest BCUT2D eigenvalue weighted by Crippen LogP contribution is 2.50. The molecule has 212 valence electrons. The molecule has 0 amide bonds. The van der Waals surface area contributed by atoms with Crippen LogP contribution in [0.3, 0.4) is 0 Å². The zero-order valence-electron chi connectivity index (χ0n) is 24.1. The van der Waals surface area contributed by atoms with Crippen LogP contribution in [0.25, 0.3) is 0 Å². The lowest BCUT2D eigenvalue weighted by atomic mass is 9.60. The lowest BCUT2D eigenvalue weighted by molar-refractivity contribution is 0.147. The molecule has 0 atom stereocenters. The number of benzene rings is 4. The van der Waals surface area contributed by atoms with Crippen LogP contribution < -0.4 is 20.9 Å². The van der Waals surface area contributed by atoms with E-state index < -0.39 is 0 Å². The predicted octanol–water partition coefficient (Wildman–Crippen LogP) is 9.74. The van der Waals surface area contributed by atoms with Gasteiger partial charge in [-0.25, -0.2) is 0 Å². The smallest absolute Gasteiger partial charge is 0.127 e. The Morgan fingerprint density at radius 3 is 1.22 bits per heavy atom. The minimum Gasteiger partial charge on any atom is -0.457 e. The summed E-state index contributed by atoms with van der Waals surface area (Å²) >= 11 is 0. The van der Waals surface area contributed by atoms with Gasteiger partial charge in [0.1, 0.15) is 23.0 Å². The molecule has 2 saturated carbocycles. The van der Waals surface area contributed by atoms with Crippen molar-refractivity contribution in [2.45, 2.75) is 63.7 Å². The predicted molar refractivity (Wildman–Crippen MR) is 169 cm³/mol. The molecule has 0 spiro atoms. The Morgan fingerprint density at radius 1 is 0.488 bits per heavy atom. The Hall–Kier alpha value is -3.92. The molecule has 2 aliphatic carbocycles. The van der Waals surface area contributed by atoms with Gasteiger partial charge in [-0.1, -0.05) is 44.0 Å². The normalized spacial score (nSPS) is 20.8. The van der Waals surface area contributed by atoms with Gasteiger partial charge in [0, 0.05) is 16.8 Å². The van der Waals surface area contributed by atoms with E-state index in [0.29, 0.717) is 0 Å². The first-order valence-electron chi connectivity index (χ1n) is 15.2. The molecule has 4 heteroatoms. The van der Waals surface area contributed by atoms with Gasteiger partial charge in [-0.3, -0.25) is 0 Å². The summed E-state index contributed by atoms with van der Waals surface area (Å²) in [6.07, 6.45) is 10.5. The van der Waals surface area contributed by atoms with E-state index >= 15 is 0 Å². The first kappa shape index (κ1) is 27.3. The summed E-state index contributed by atoms with van der Waals surface area (Å²) < 4.78 is 12.2. The quantitative estimate of drug-likeness (QED) is 0.226. The number of nitrogens with two attached hydrogens (primary N) is 2. The number of nitrogen functional groups attached to an aromatic ring is 2. The second-order valence-electron chi connectivity index (χ2n) is 12.3. The number of anilines is 2. The molecule has 2 fully saturated rings. The van der Waals surface area contributed by atoms with E-state index in [1.165, 1.54) is 62.5 Å². The Morgan fingerprint density at radius 2 is 0.829 bits per heavy atom. The molecule has 4 nitrogen and oxygen atoms in total. The molecular formula is C37H42N2O2. The summed E-state index contributed by atoms with van der Waals surface area (Å²) in [5.74, 6) is 5.91. The van der Waals surface area contributed by atoms with Crippen LogP contribution in [0.2, 0.25) is 0 Å².